The number of hydrogen-bond acceptors (Lipinski definition) is 5. The van der Waals surface area contributed by atoms with E-state index in [1.807, 2.05) is 0 Å². The van der Waals surface area contributed by atoms with Crippen molar-refractivity contribution in [1.29, 1.82) is 0 Å². The van der Waals surface area contributed by atoms with Gasteiger partial charge in [-0.25, -0.2) is 0 Å². The van der Waals surface area contributed by atoms with Crippen LogP contribution in [0, 0.1) is 0 Å². The fourth-order valence-corrected chi connectivity index (χ4v) is 5.51. The zero-order valence-electron chi connectivity index (χ0n) is 32.9. The van der Waals surface area contributed by atoms with E-state index in [9.17, 15) is 9.59 Å². The Morgan fingerprint density at radius 1 is 0.460 bits per heavy atom. The second-order valence-corrected chi connectivity index (χ2v) is 13.5. The van der Waals surface area contributed by atoms with Crippen LogP contribution >= 0.6 is 0 Å². The molecular formula is C45H78O5. The van der Waals surface area contributed by atoms with E-state index in [2.05, 4.69) is 81.5 Å². The van der Waals surface area contributed by atoms with Gasteiger partial charge in [-0.1, -0.05) is 184 Å². The molecule has 0 aromatic heterocycles. The maximum Gasteiger partial charge on any atom is 0.306 e. The highest BCUT2D eigenvalue weighted by atomic mass is 16.6. The number of allylic oxidation sites excluding steroid dienone is 9. The van der Waals surface area contributed by atoms with E-state index >= 15 is 0 Å². The van der Waals surface area contributed by atoms with Crippen molar-refractivity contribution in [2.45, 2.75) is 194 Å². The molecule has 0 aliphatic carbocycles. The fourth-order valence-electron chi connectivity index (χ4n) is 5.51. The lowest BCUT2D eigenvalue weighted by Crippen LogP contribution is -2.30. The highest BCUT2D eigenvalue weighted by Crippen LogP contribution is 2.13. The van der Waals surface area contributed by atoms with Gasteiger partial charge in [0.15, 0.2) is 6.10 Å². The molecule has 0 aromatic rings. The summed E-state index contributed by atoms with van der Waals surface area (Å²) in [7, 11) is 0. The molecule has 0 N–H and O–H groups in total. The summed E-state index contributed by atoms with van der Waals surface area (Å²) in [4.78, 5) is 25.0. The van der Waals surface area contributed by atoms with Crippen molar-refractivity contribution in [3.8, 4) is 0 Å². The number of unbranched alkanes of at least 4 members (excludes halogenated alkanes) is 16. The zero-order chi connectivity index (χ0) is 36.4. The van der Waals surface area contributed by atoms with E-state index in [0.29, 0.717) is 19.4 Å². The maximum absolute atomic E-state index is 12.6. The predicted molar refractivity (Wildman–Crippen MR) is 214 cm³/mol. The van der Waals surface area contributed by atoms with Gasteiger partial charge >= 0.3 is 11.9 Å². The molecule has 0 aliphatic rings. The topological polar surface area (TPSA) is 61.8 Å². The lowest BCUT2D eigenvalue weighted by atomic mass is 10.1. The molecule has 1 unspecified atom stereocenters. The quantitative estimate of drug-likeness (QED) is 0.0367. The summed E-state index contributed by atoms with van der Waals surface area (Å²) in [5, 5.41) is 0. The number of ether oxygens (including phenoxy) is 3. The van der Waals surface area contributed by atoms with Crippen LogP contribution in [0.15, 0.2) is 60.8 Å². The Bertz CT molecular complexity index is 884. The van der Waals surface area contributed by atoms with Crippen molar-refractivity contribution in [2.24, 2.45) is 0 Å². The van der Waals surface area contributed by atoms with Gasteiger partial charge in [0.25, 0.3) is 0 Å². The van der Waals surface area contributed by atoms with Crippen LogP contribution in [0.4, 0.5) is 0 Å². The second-order valence-electron chi connectivity index (χ2n) is 13.5. The second kappa shape index (κ2) is 41.0. The standard InChI is InChI=1S/C45H78O5/c1-4-7-10-13-16-18-20-21-22-23-24-26-28-31-34-37-40-48-41-43(50-45(47)39-36-33-29-15-12-9-6-3)42-49-44(46)38-35-32-30-27-25-19-17-14-11-8-5-2/h7,10,16,18,21-22,24,26,31,34,43H,4-6,8-9,11-15,17,19-20,23,25,27-30,32-33,35-42H2,1-3H3/b10-7-,18-16-,22-21-,26-24-,34-31-. The van der Waals surface area contributed by atoms with Crippen LogP contribution in [-0.2, 0) is 23.8 Å². The molecule has 0 aromatic carbocycles. The van der Waals surface area contributed by atoms with E-state index in [4.69, 9.17) is 14.2 Å². The lowest BCUT2D eigenvalue weighted by molar-refractivity contribution is -0.162. The molecule has 0 radical (unpaired) electrons. The summed E-state index contributed by atoms with van der Waals surface area (Å²) in [6, 6.07) is 0. The van der Waals surface area contributed by atoms with Gasteiger partial charge in [-0.2, -0.15) is 0 Å². The molecule has 0 aliphatic heterocycles. The van der Waals surface area contributed by atoms with E-state index in [1.165, 1.54) is 83.5 Å². The monoisotopic (exact) mass is 699 g/mol. The molecule has 288 valence electrons. The van der Waals surface area contributed by atoms with Crippen molar-refractivity contribution in [2.75, 3.05) is 19.8 Å². The summed E-state index contributed by atoms with van der Waals surface area (Å²) in [5.41, 5.74) is 0. The minimum absolute atomic E-state index is 0.0568. The molecule has 0 bridgehead atoms. The molecule has 0 rings (SSSR count). The Balaban J connectivity index is 4.31. The predicted octanol–water partition coefficient (Wildman–Crippen LogP) is 13.4. The SMILES string of the molecule is CC/C=C\C/C=C\C/C=C\C/C=C\C/C=C\CCOCC(COC(=O)CCCCCCCCCCCCC)OC(=O)CCCCCCCCC. The molecule has 0 heterocycles. The van der Waals surface area contributed by atoms with E-state index in [-0.39, 0.29) is 25.2 Å². The zero-order valence-corrected chi connectivity index (χ0v) is 32.9. The molecule has 0 amide bonds. The van der Waals surface area contributed by atoms with Gasteiger partial charge in [-0.15, -0.1) is 0 Å². The van der Waals surface area contributed by atoms with Gasteiger partial charge in [-0.05, 0) is 51.4 Å². The van der Waals surface area contributed by atoms with Crippen LogP contribution in [0.3, 0.4) is 0 Å². The lowest BCUT2D eigenvalue weighted by Gasteiger charge is -2.18. The van der Waals surface area contributed by atoms with Gasteiger partial charge < -0.3 is 14.2 Å². The molecule has 5 nitrogen and oxygen atoms in total. The third kappa shape index (κ3) is 38.4. The maximum atomic E-state index is 12.6. The minimum Gasteiger partial charge on any atom is -0.462 e. The highest BCUT2D eigenvalue weighted by molar-refractivity contribution is 5.70. The van der Waals surface area contributed by atoms with Gasteiger partial charge in [0.2, 0.25) is 0 Å². The first kappa shape index (κ1) is 47.6. The molecule has 1 atom stereocenters. The Hall–Kier alpha value is -2.40. The molecule has 0 saturated carbocycles. The highest BCUT2D eigenvalue weighted by Gasteiger charge is 2.17. The van der Waals surface area contributed by atoms with Gasteiger partial charge in [0.05, 0.1) is 13.2 Å². The number of rotatable bonds is 37. The molecular weight excluding hydrogens is 620 g/mol. The number of carbonyl (C=O) groups is 2. The Morgan fingerprint density at radius 2 is 0.860 bits per heavy atom. The Kier molecular flexibility index (Phi) is 39.1. The minimum atomic E-state index is -0.568. The smallest absolute Gasteiger partial charge is 0.306 e. The first-order valence-corrected chi connectivity index (χ1v) is 20.8. The van der Waals surface area contributed by atoms with Crippen LogP contribution in [0.25, 0.3) is 0 Å². The van der Waals surface area contributed by atoms with Crippen LogP contribution in [0.1, 0.15) is 188 Å². The fraction of sp³-hybridized carbons (Fsp3) is 0.733. The van der Waals surface area contributed by atoms with E-state index in [0.717, 1.165) is 70.6 Å². The third-order valence-corrected chi connectivity index (χ3v) is 8.59. The molecule has 50 heavy (non-hydrogen) atoms. The largest absolute Gasteiger partial charge is 0.462 e. The van der Waals surface area contributed by atoms with Crippen LogP contribution in [0.2, 0.25) is 0 Å². The summed E-state index contributed by atoms with van der Waals surface area (Å²) in [5.74, 6) is -0.445. The van der Waals surface area contributed by atoms with Crippen molar-refractivity contribution in [3.63, 3.8) is 0 Å². The summed E-state index contributed by atoms with van der Waals surface area (Å²) in [6.07, 6.45) is 49.6. The first-order valence-electron chi connectivity index (χ1n) is 20.8. The Labute approximate surface area is 309 Å². The normalized spacial score (nSPS) is 12.8. The summed E-state index contributed by atoms with van der Waals surface area (Å²) in [6.45, 7) is 7.45. The molecule has 5 heteroatoms. The number of carbonyl (C=O) groups excluding carboxylic acids is 2. The van der Waals surface area contributed by atoms with Crippen molar-refractivity contribution < 1.29 is 23.8 Å². The van der Waals surface area contributed by atoms with E-state index < -0.39 is 6.10 Å². The third-order valence-electron chi connectivity index (χ3n) is 8.59. The van der Waals surface area contributed by atoms with Crippen molar-refractivity contribution in [3.05, 3.63) is 60.8 Å². The average Bonchev–Trinajstić information content (AvgIpc) is 3.11. The van der Waals surface area contributed by atoms with Crippen molar-refractivity contribution in [1.82, 2.24) is 0 Å². The molecule has 0 saturated heterocycles. The van der Waals surface area contributed by atoms with Gasteiger partial charge in [0.1, 0.15) is 6.61 Å². The number of esters is 2. The van der Waals surface area contributed by atoms with E-state index in [1.54, 1.807) is 0 Å². The van der Waals surface area contributed by atoms with Crippen LogP contribution in [0.5, 0.6) is 0 Å². The van der Waals surface area contributed by atoms with Gasteiger partial charge in [-0.3, -0.25) is 9.59 Å². The first-order chi connectivity index (χ1) is 24.6. The van der Waals surface area contributed by atoms with Crippen molar-refractivity contribution >= 4 is 11.9 Å². The molecule has 0 spiro atoms. The summed E-state index contributed by atoms with van der Waals surface area (Å²) >= 11 is 0. The average molecular weight is 699 g/mol. The molecule has 0 fully saturated rings. The Morgan fingerprint density at radius 3 is 1.32 bits per heavy atom. The van der Waals surface area contributed by atoms with Gasteiger partial charge in [0, 0.05) is 12.8 Å². The number of hydrogen-bond donors (Lipinski definition) is 0. The van der Waals surface area contributed by atoms with Crippen LogP contribution < -0.4 is 0 Å². The summed E-state index contributed by atoms with van der Waals surface area (Å²) < 4.78 is 17.1. The van der Waals surface area contributed by atoms with Crippen LogP contribution in [-0.4, -0.2) is 37.9 Å².